The van der Waals surface area contributed by atoms with Crippen molar-refractivity contribution in [2.24, 2.45) is 0 Å². The molecule has 1 aromatic carbocycles. The first-order chi connectivity index (χ1) is 11.3. The molecular weight excluding hydrogens is 319 g/mol. The normalized spacial score (nSPS) is 22.0. The third kappa shape index (κ3) is 3.42. The van der Waals surface area contributed by atoms with Crippen LogP contribution in [-0.2, 0) is 12.7 Å². The van der Waals surface area contributed by atoms with E-state index in [-0.39, 0.29) is 24.0 Å². The third-order valence-corrected chi connectivity index (χ3v) is 4.56. The first kappa shape index (κ1) is 17.2. The van der Waals surface area contributed by atoms with Crippen LogP contribution in [-0.4, -0.2) is 27.2 Å². The number of H-pyrrole nitrogens is 1. The molecule has 4 nitrogen and oxygen atoms in total. The van der Waals surface area contributed by atoms with Gasteiger partial charge in [0.1, 0.15) is 11.3 Å². The molecule has 0 unspecified atom stereocenters. The topological polar surface area (TPSA) is 60.9 Å². The number of fused-ring (bicyclic) bond motifs is 1. The van der Waals surface area contributed by atoms with E-state index in [1.807, 2.05) is 13.8 Å². The number of aromatic amines is 1. The molecule has 7 heteroatoms. The van der Waals surface area contributed by atoms with Crippen LogP contribution in [0, 0.1) is 0 Å². The molecule has 0 amide bonds. The van der Waals surface area contributed by atoms with Crippen molar-refractivity contribution in [1.82, 2.24) is 15.3 Å². The number of aliphatic hydroxyl groups is 1. The lowest BCUT2D eigenvalue weighted by molar-refractivity contribution is -0.136. The van der Waals surface area contributed by atoms with E-state index in [9.17, 15) is 18.3 Å². The summed E-state index contributed by atoms with van der Waals surface area (Å²) in [6.07, 6.45) is -2.36. The van der Waals surface area contributed by atoms with E-state index in [4.69, 9.17) is 0 Å². The maximum absolute atomic E-state index is 13.4. The van der Waals surface area contributed by atoms with Crippen molar-refractivity contribution in [3.05, 3.63) is 29.1 Å². The zero-order valence-corrected chi connectivity index (χ0v) is 13.7. The largest absolute Gasteiger partial charge is 0.418 e. The predicted molar refractivity (Wildman–Crippen MR) is 85.7 cm³/mol. The second kappa shape index (κ2) is 6.37. The zero-order valence-electron chi connectivity index (χ0n) is 13.7. The Hall–Kier alpha value is -1.60. The molecule has 0 bridgehead atoms. The van der Waals surface area contributed by atoms with E-state index in [2.05, 4.69) is 15.3 Å². The van der Waals surface area contributed by atoms with Crippen molar-refractivity contribution in [2.45, 2.75) is 63.9 Å². The number of benzene rings is 1. The number of hydrogen-bond acceptors (Lipinski definition) is 3. The van der Waals surface area contributed by atoms with Crippen LogP contribution in [0.2, 0.25) is 0 Å². The van der Waals surface area contributed by atoms with E-state index < -0.39 is 17.8 Å². The van der Waals surface area contributed by atoms with Crippen molar-refractivity contribution in [1.29, 1.82) is 0 Å². The molecule has 24 heavy (non-hydrogen) atoms. The van der Waals surface area contributed by atoms with Crippen LogP contribution in [0.5, 0.6) is 0 Å². The second-order valence-corrected chi connectivity index (χ2v) is 6.80. The molecule has 1 fully saturated rings. The summed E-state index contributed by atoms with van der Waals surface area (Å²) in [4.78, 5) is 7.13. The summed E-state index contributed by atoms with van der Waals surface area (Å²) in [6, 6.07) is 2.81. The Morgan fingerprint density at radius 3 is 2.67 bits per heavy atom. The van der Waals surface area contributed by atoms with Crippen molar-refractivity contribution >= 4 is 11.0 Å². The Morgan fingerprint density at radius 1 is 1.33 bits per heavy atom. The highest BCUT2D eigenvalue weighted by atomic mass is 19.4. The molecule has 1 aromatic heterocycles. The van der Waals surface area contributed by atoms with E-state index in [1.165, 1.54) is 0 Å². The van der Waals surface area contributed by atoms with Crippen LogP contribution in [0.1, 0.15) is 56.0 Å². The maximum Gasteiger partial charge on any atom is 0.418 e. The lowest BCUT2D eigenvalue weighted by Gasteiger charge is -2.17. The Morgan fingerprint density at radius 2 is 2.08 bits per heavy atom. The fourth-order valence-corrected chi connectivity index (χ4v) is 3.22. The van der Waals surface area contributed by atoms with Crippen molar-refractivity contribution in [3.8, 4) is 0 Å². The van der Waals surface area contributed by atoms with Gasteiger partial charge in [-0.05, 0) is 37.0 Å². The van der Waals surface area contributed by atoms with Crippen LogP contribution in [0.15, 0.2) is 12.1 Å². The Bertz CT molecular complexity index is 724. The summed E-state index contributed by atoms with van der Waals surface area (Å²) in [5.74, 6) is 0.570. The molecule has 1 saturated carbocycles. The summed E-state index contributed by atoms with van der Waals surface area (Å²) in [5.41, 5.74) is 0.188. The second-order valence-electron chi connectivity index (χ2n) is 6.80. The number of rotatable bonds is 4. The smallest absolute Gasteiger partial charge is 0.392 e. The van der Waals surface area contributed by atoms with Crippen LogP contribution in [0.4, 0.5) is 13.2 Å². The predicted octanol–water partition coefficient (Wildman–Crippen LogP) is 3.71. The minimum absolute atomic E-state index is 0.0219. The highest BCUT2D eigenvalue weighted by molar-refractivity contribution is 5.80. The number of nitrogens with one attached hydrogen (secondary N) is 2. The highest BCUT2D eigenvalue weighted by Gasteiger charge is 2.34. The molecule has 132 valence electrons. The minimum Gasteiger partial charge on any atom is -0.392 e. The van der Waals surface area contributed by atoms with E-state index in [0.717, 1.165) is 25.3 Å². The van der Waals surface area contributed by atoms with Crippen LogP contribution in [0.25, 0.3) is 11.0 Å². The van der Waals surface area contributed by atoms with Gasteiger partial charge in [0, 0.05) is 18.5 Å². The number of halogens is 3. The molecule has 3 N–H and O–H groups in total. The van der Waals surface area contributed by atoms with E-state index in [0.29, 0.717) is 16.9 Å². The first-order valence-electron chi connectivity index (χ1n) is 8.27. The van der Waals surface area contributed by atoms with Gasteiger partial charge in [-0.2, -0.15) is 13.2 Å². The van der Waals surface area contributed by atoms with Crippen LogP contribution < -0.4 is 5.32 Å². The molecule has 2 atom stereocenters. The maximum atomic E-state index is 13.4. The summed E-state index contributed by atoms with van der Waals surface area (Å²) >= 11 is 0. The van der Waals surface area contributed by atoms with Crippen molar-refractivity contribution in [2.75, 3.05) is 0 Å². The number of nitrogens with zero attached hydrogens (tertiary/aromatic N) is 1. The van der Waals surface area contributed by atoms with Gasteiger partial charge >= 0.3 is 6.18 Å². The van der Waals surface area contributed by atoms with Gasteiger partial charge in [0.2, 0.25) is 0 Å². The van der Waals surface area contributed by atoms with Gasteiger partial charge in [-0.1, -0.05) is 13.8 Å². The average molecular weight is 341 g/mol. The fraction of sp³-hybridized carbons (Fsp3) is 0.588. The Kier molecular flexibility index (Phi) is 4.57. The SMILES string of the molecule is CC(C)c1nc2c(C(F)(F)F)cc(CN[C@@H]3CCC[C@@H]3O)cc2[nH]1. The van der Waals surface area contributed by atoms with Crippen LogP contribution >= 0.6 is 0 Å². The highest BCUT2D eigenvalue weighted by Crippen LogP contribution is 2.35. The lowest BCUT2D eigenvalue weighted by Crippen LogP contribution is -2.35. The van der Waals surface area contributed by atoms with Gasteiger partial charge in [0.15, 0.2) is 0 Å². The quantitative estimate of drug-likeness (QED) is 0.794. The van der Waals surface area contributed by atoms with Gasteiger partial charge in [-0.25, -0.2) is 4.98 Å². The van der Waals surface area contributed by atoms with Gasteiger partial charge in [0.05, 0.1) is 17.2 Å². The first-order valence-corrected chi connectivity index (χ1v) is 8.27. The van der Waals surface area contributed by atoms with Gasteiger partial charge in [-0.3, -0.25) is 0 Å². The van der Waals surface area contributed by atoms with E-state index in [1.54, 1.807) is 6.07 Å². The molecule has 1 heterocycles. The summed E-state index contributed by atoms with van der Waals surface area (Å²) in [6.45, 7) is 4.06. The molecule has 0 spiro atoms. The molecule has 3 rings (SSSR count). The molecule has 2 aromatic rings. The number of imidazole rings is 1. The standard InChI is InChI=1S/C17H22F3N3O/c1-9(2)16-22-13-7-10(8-21-12-4-3-5-14(12)24)6-11(15(13)23-16)17(18,19)20/h6-7,9,12,14,21,24H,3-5,8H2,1-2H3,(H,22,23)/t12-,14+/m1/s1. The molecule has 1 aliphatic carbocycles. The fourth-order valence-electron chi connectivity index (χ4n) is 3.22. The van der Waals surface area contributed by atoms with Crippen molar-refractivity contribution < 1.29 is 18.3 Å². The molecule has 0 aliphatic heterocycles. The number of alkyl halides is 3. The summed E-state index contributed by atoms with van der Waals surface area (Å²) in [5, 5.41) is 13.0. The molecular formula is C17H22F3N3O. The number of hydrogen-bond donors (Lipinski definition) is 3. The number of aromatic nitrogens is 2. The van der Waals surface area contributed by atoms with Crippen LogP contribution in [0.3, 0.4) is 0 Å². The number of aliphatic hydroxyl groups excluding tert-OH is 1. The lowest BCUT2D eigenvalue weighted by atomic mass is 10.1. The van der Waals surface area contributed by atoms with Crippen molar-refractivity contribution in [3.63, 3.8) is 0 Å². The van der Waals surface area contributed by atoms with Gasteiger partial charge in [-0.15, -0.1) is 0 Å². The minimum atomic E-state index is -4.45. The Labute approximate surface area is 138 Å². The summed E-state index contributed by atoms with van der Waals surface area (Å²) < 4.78 is 40.2. The monoisotopic (exact) mass is 341 g/mol. The third-order valence-electron chi connectivity index (χ3n) is 4.56. The Balaban J connectivity index is 1.93. The molecule has 0 radical (unpaired) electrons. The molecule has 1 aliphatic rings. The zero-order chi connectivity index (χ0) is 17.5. The van der Waals surface area contributed by atoms with Gasteiger partial charge in [0.25, 0.3) is 0 Å². The average Bonchev–Trinajstić information content (AvgIpc) is 3.09. The molecule has 0 saturated heterocycles. The van der Waals surface area contributed by atoms with E-state index >= 15 is 0 Å². The van der Waals surface area contributed by atoms with Gasteiger partial charge < -0.3 is 15.4 Å². The summed E-state index contributed by atoms with van der Waals surface area (Å²) in [7, 11) is 0.